The topological polar surface area (TPSA) is 114 Å². The van der Waals surface area contributed by atoms with Crippen molar-refractivity contribution in [1.29, 1.82) is 0 Å². The Balaban J connectivity index is 1.38. The molecule has 2 heterocycles. The Morgan fingerprint density at radius 2 is 1.65 bits per heavy atom. The molecule has 3 N–H and O–H groups in total. The van der Waals surface area contributed by atoms with E-state index in [1.165, 1.54) is 16.2 Å². The van der Waals surface area contributed by atoms with Crippen molar-refractivity contribution in [2.24, 2.45) is 5.73 Å². The molecule has 3 amide bonds. The summed E-state index contributed by atoms with van der Waals surface area (Å²) in [6, 6.07) is 22.5. The number of hydrogen-bond donors (Lipinski definition) is 2. The van der Waals surface area contributed by atoms with Crippen LogP contribution in [-0.2, 0) is 0 Å². The Bertz CT molecular complexity index is 1610. The number of rotatable bonds is 8. The molecule has 9 nitrogen and oxygen atoms in total. The second-order valence-electron chi connectivity index (χ2n) is 8.74. The maximum absolute atomic E-state index is 13.2. The number of anilines is 6. The molecular weight excluding hydrogens is 524 g/mol. The van der Waals surface area contributed by atoms with E-state index < -0.39 is 6.03 Å². The normalized spacial score (nSPS) is 10.6. The number of benzene rings is 3. The number of amides is 3. The van der Waals surface area contributed by atoms with Gasteiger partial charge in [-0.3, -0.25) is 19.6 Å². The molecule has 0 bridgehead atoms. The number of nitrogens with one attached hydrogen (secondary N) is 1. The zero-order valence-electron chi connectivity index (χ0n) is 21.8. The highest BCUT2D eigenvalue weighted by Crippen LogP contribution is 2.38. The van der Waals surface area contributed by atoms with Crippen LogP contribution in [0.4, 0.5) is 38.4 Å². The van der Waals surface area contributed by atoms with Crippen molar-refractivity contribution < 1.29 is 14.3 Å². The van der Waals surface area contributed by atoms with Crippen LogP contribution in [0.15, 0.2) is 103 Å². The smallest absolute Gasteiger partial charge is 0.323 e. The number of pyridine rings is 1. The van der Waals surface area contributed by atoms with Crippen molar-refractivity contribution in [3.8, 4) is 5.75 Å². The van der Waals surface area contributed by atoms with Gasteiger partial charge < -0.3 is 15.8 Å². The van der Waals surface area contributed by atoms with Crippen LogP contribution < -0.4 is 25.6 Å². The molecule has 0 saturated heterocycles. The molecule has 0 spiro atoms. The van der Waals surface area contributed by atoms with Crippen LogP contribution in [0.3, 0.4) is 0 Å². The molecule has 0 fully saturated rings. The number of methoxy groups -OCH3 is 1. The molecule has 3 aromatic carbocycles. The first-order valence-corrected chi connectivity index (χ1v) is 13.2. The number of aromatic nitrogens is 2. The Kier molecular flexibility index (Phi) is 7.70. The number of carbonyl (C=O) groups excluding carboxylic acids is 2. The van der Waals surface area contributed by atoms with Crippen molar-refractivity contribution in [2.75, 3.05) is 22.2 Å². The fourth-order valence-corrected chi connectivity index (χ4v) is 4.87. The van der Waals surface area contributed by atoms with Crippen LogP contribution in [0, 0.1) is 6.92 Å². The summed E-state index contributed by atoms with van der Waals surface area (Å²) in [7, 11) is 1.57. The summed E-state index contributed by atoms with van der Waals surface area (Å²) in [6.45, 7) is 2.00. The summed E-state index contributed by atoms with van der Waals surface area (Å²) in [4.78, 5) is 37.5. The first-order chi connectivity index (χ1) is 19.4. The van der Waals surface area contributed by atoms with Crippen molar-refractivity contribution in [3.05, 3.63) is 114 Å². The van der Waals surface area contributed by atoms with Gasteiger partial charge in [-0.25, -0.2) is 9.78 Å². The van der Waals surface area contributed by atoms with Crippen LogP contribution >= 0.6 is 11.3 Å². The Labute approximate surface area is 235 Å². The van der Waals surface area contributed by atoms with Gasteiger partial charge in [-0.15, -0.1) is 11.3 Å². The highest BCUT2D eigenvalue weighted by Gasteiger charge is 2.19. The van der Waals surface area contributed by atoms with Gasteiger partial charge in [-0.05, 0) is 85.3 Å². The van der Waals surface area contributed by atoms with E-state index in [0.717, 1.165) is 22.1 Å². The van der Waals surface area contributed by atoms with E-state index in [1.807, 2.05) is 47.5 Å². The first kappa shape index (κ1) is 26.4. The van der Waals surface area contributed by atoms with Crippen molar-refractivity contribution in [2.45, 2.75) is 6.92 Å². The summed E-state index contributed by atoms with van der Waals surface area (Å²) >= 11 is 1.51. The van der Waals surface area contributed by atoms with Crippen molar-refractivity contribution in [3.63, 3.8) is 0 Å². The Hall–Kier alpha value is -5.22. The quantitative estimate of drug-likeness (QED) is 0.220. The number of ether oxygens (including phenoxy) is 1. The van der Waals surface area contributed by atoms with Gasteiger partial charge in [0.25, 0.3) is 5.91 Å². The van der Waals surface area contributed by atoms with Crippen LogP contribution in [0.25, 0.3) is 0 Å². The van der Waals surface area contributed by atoms with Gasteiger partial charge in [0, 0.05) is 29.0 Å². The summed E-state index contributed by atoms with van der Waals surface area (Å²) < 4.78 is 5.19. The fraction of sp³-hybridized carbons (Fsp3) is 0.0667. The highest BCUT2D eigenvalue weighted by atomic mass is 32.1. The molecule has 10 heteroatoms. The van der Waals surface area contributed by atoms with Crippen LogP contribution in [0.2, 0.25) is 0 Å². The van der Waals surface area contributed by atoms with Gasteiger partial charge in [-0.2, -0.15) is 0 Å². The predicted molar refractivity (Wildman–Crippen MR) is 158 cm³/mol. The molecule has 0 unspecified atom stereocenters. The number of thiazole rings is 1. The molecular formula is C30H26N6O3S. The van der Waals surface area contributed by atoms with Crippen LogP contribution in [0.1, 0.15) is 15.9 Å². The lowest BCUT2D eigenvalue weighted by Gasteiger charge is -2.24. The molecule has 0 aliphatic heterocycles. The third-order valence-corrected chi connectivity index (χ3v) is 6.92. The second kappa shape index (κ2) is 11.7. The maximum atomic E-state index is 13.2. The number of nitrogens with two attached hydrogens (primary N) is 1. The Morgan fingerprint density at radius 1 is 0.925 bits per heavy atom. The van der Waals surface area contributed by atoms with E-state index in [2.05, 4.69) is 15.3 Å². The minimum Gasteiger partial charge on any atom is -0.497 e. The molecule has 0 aliphatic carbocycles. The number of primary amides is 1. The summed E-state index contributed by atoms with van der Waals surface area (Å²) in [5.74, 6) is 0.369. The van der Waals surface area contributed by atoms with E-state index in [-0.39, 0.29) is 5.91 Å². The first-order valence-electron chi connectivity index (χ1n) is 12.3. The van der Waals surface area contributed by atoms with E-state index >= 15 is 0 Å². The van der Waals surface area contributed by atoms with E-state index in [9.17, 15) is 9.59 Å². The van der Waals surface area contributed by atoms with Gasteiger partial charge in [0.05, 0.1) is 36.1 Å². The highest BCUT2D eigenvalue weighted by molar-refractivity contribution is 7.13. The van der Waals surface area contributed by atoms with Crippen molar-refractivity contribution in [1.82, 2.24) is 9.97 Å². The maximum Gasteiger partial charge on any atom is 0.323 e. The number of aryl methyl sites for hydroxylation is 1. The molecule has 200 valence electrons. The molecule has 40 heavy (non-hydrogen) atoms. The third kappa shape index (κ3) is 5.62. The number of urea groups is 1. The van der Waals surface area contributed by atoms with Crippen LogP contribution in [-0.4, -0.2) is 29.0 Å². The van der Waals surface area contributed by atoms with Gasteiger partial charge >= 0.3 is 6.03 Å². The van der Waals surface area contributed by atoms with E-state index in [1.54, 1.807) is 74.2 Å². The monoisotopic (exact) mass is 550 g/mol. The summed E-state index contributed by atoms with van der Waals surface area (Å²) in [5.41, 5.74) is 10.6. The minimum absolute atomic E-state index is 0.293. The largest absolute Gasteiger partial charge is 0.497 e. The molecule has 2 aromatic heterocycles. The van der Waals surface area contributed by atoms with Gasteiger partial charge in [-0.1, -0.05) is 6.07 Å². The molecule has 0 atom stereocenters. The van der Waals surface area contributed by atoms with E-state index in [4.69, 9.17) is 10.5 Å². The number of carbonyl (C=O) groups is 2. The number of nitrogens with zero attached hydrogens (tertiary/aromatic N) is 4. The van der Waals surface area contributed by atoms with Gasteiger partial charge in [0.2, 0.25) is 0 Å². The lowest BCUT2D eigenvalue weighted by molar-refractivity contribution is 0.102. The lowest BCUT2D eigenvalue weighted by Crippen LogP contribution is -2.31. The van der Waals surface area contributed by atoms with Gasteiger partial charge in [0.15, 0.2) is 5.13 Å². The standard InChI is InChI=1S/C30H26N6O3S/c1-20-5-8-22(18-27(20)36(30-33-16-17-40-30)25-4-3-15-32-19-25)34-28(37)21-6-9-23(10-7-21)35(29(31)38)24-11-13-26(39-2)14-12-24/h3-19H,1-2H3,(H2,31,38)(H,34,37). The average molecular weight is 551 g/mol. The average Bonchev–Trinajstić information content (AvgIpc) is 3.50. The minimum atomic E-state index is -0.645. The van der Waals surface area contributed by atoms with Crippen molar-refractivity contribution >= 4 is 56.8 Å². The summed E-state index contributed by atoms with van der Waals surface area (Å²) in [5, 5.41) is 5.67. The molecule has 0 aliphatic rings. The predicted octanol–water partition coefficient (Wildman–Crippen LogP) is 6.79. The van der Waals surface area contributed by atoms with Crippen LogP contribution in [0.5, 0.6) is 5.75 Å². The molecule has 0 saturated carbocycles. The fourth-order valence-electron chi connectivity index (χ4n) is 4.19. The zero-order valence-corrected chi connectivity index (χ0v) is 22.6. The number of hydrogen-bond acceptors (Lipinski definition) is 7. The molecule has 0 radical (unpaired) electrons. The van der Waals surface area contributed by atoms with E-state index in [0.29, 0.717) is 28.4 Å². The van der Waals surface area contributed by atoms with Gasteiger partial charge in [0.1, 0.15) is 5.75 Å². The molecule has 5 rings (SSSR count). The zero-order chi connectivity index (χ0) is 28.1. The summed E-state index contributed by atoms with van der Waals surface area (Å²) in [6.07, 6.45) is 5.24. The molecule has 5 aromatic rings. The Morgan fingerprint density at radius 3 is 2.25 bits per heavy atom. The lowest BCUT2D eigenvalue weighted by atomic mass is 10.1. The third-order valence-electron chi connectivity index (χ3n) is 6.16. The second-order valence-corrected chi connectivity index (χ2v) is 9.61. The SMILES string of the molecule is COc1ccc(N(C(N)=O)c2ccc(C(=O)Nc3ccc(C)c(N(c4cccnc4)c4nccs4)c3)cc2)cc1.